The van der Waals surface area contributed by atoms with E-state index in [1.165, 1.54) is 24.3 Å². The average molecular weight is 451 g/mol. The maximum Gasteiger partial charge on any atom is 0.257 e. The number of anilines is 2. The Labute approximate surface area is 192 Å². The fourth-order valence-corrected chi connectivity index (χ4v) is 3.30. The molecule has 0 aliphatic rings. The van der Waals surface area contributed by atoms with E-state index in [9.17, 15) is 14.0 Å². The number of hydrogen-bond acceptors (Lipinski definition) is 5. The molecule has 0 heterocycles. The molecular formula is C25H26FN3O4. The molecule has 7 nitrogen and oxygen atoms in total. The monoisotopic (exact) mass is 451 g/mol. The number of ether oxygens (including phenoxy) is 2. The van der Waals surface area contributed by atoms with E-state index in [-0.39, 0.29) is 12.5 Å². The lowest BCUT2D eigenvalue weighted by molar-refractivity contribution is -0.117. The maximum atomic E-state index is 13.1. The largest absolute Gasteiger partial charge is 0.493 e. The van der Waals surface area contributed by atoms with Crippen molar-refractivity contribution in [2.24, 2.45) is 0 Å². The van der Waals surface area contributed by atoms with Gasteiger partial charge in [-0.05, 0) is 61.1 Å². The molecule has 0 aromatic heterocycles. The van der Waals surface area contributed by atoms with E-state index in [0.29, 0.717) is 35.0 Å². The van der Waals surface area contributed by atoms with Crippen LogP contribution in [0.1, 0.15) is 15.9 Å². The molecule has 0 unspecified atom stereocenters. The number of nitrogens with one attached hydrogen (secondary N) is 2. The van der Waals surface area contributed by atoms with E-state index in [0.717, 1.165) is 5.56 Å². The first-order chi connectivity index (χ1) is 15.9. The summed E-state index contributed by atoms with van der Waals surface area (Å²) in [5.74, 6) is 0.195. The molecule has 172 valence electrons. The maximum absolute atomic E-state index is 13.1. The first-order valence-corrected chi connectivity index (χ1v) is 10.2. The highest BCUT2D eigenvalue weighted by Crippen LogP contribution is 2.28. The van der Waals surface area contributed by atoms with Crippen molar-refractivity contribution in [2.75, 3.05) is 38.4 Å². The zero-order valence-corrected chi connectivity index (χ0v) is 18.7. The molecule has 0 aliphatic carbocycles. The quantitative estimate of drug-likeness (QED) is 0.511. The summed E-state index contributed by atoms with van der Waals surface area (Å²) in [6.45, 7) is 0.628. The van der Waals surface area contributed by atoms with Crippen LogP contribution in [0.4, 0.5) is 15.8 Å². The Hall–Kier alpha value is -3.91. The van der Waals surface area contributed by atoms with Gasteiger partial charge in [-0.2, -0.15) is 0 Å². The molecule has 0 spiro atoms. The highest BCUT2D eigenvalue weighted by atomic mass is 19.1. The van der Waals surface area contributed by atoms with Gasteiger partial charge in [0.15, 0.2) is 11.5 Å². The molecule has 3 aromatic rings. The van der Waals surface area contributed by atoms with Crippen molar-refractivity contribution < 1.29 is 23.5 Å². The van der Waals surface area contributed by atoms with Crippen LogP contribution in [0.3, 0.4) is 0 Å². The Balaban J connectivity index is 1.62. The van der Waals surface area contributed by atoms with Crippen molar-refractivity contribution in [1.82, 2.24) is 4.90 Å². The van der Waals surface area contributed by atoms with Gasteiger partial charge in [-0.3, -0.25) is 14.5 Å². The first kappa shape index (κ1) is 23.7. The molecule has 0 radical (unpaired) electrons. The highest BCUT2D eigenvalue weighted by Gasteiger charge is 2.15. The Morgan fingerprint density at radius 1 is 0.909 bits per heavy atom. The summed E-state index contributed by atoms with van der Waals surface area (Å²) in [6, 6.07) is 17.8. The first-order valence-electron chi connectivity index (χ1n) is 10.2. The van der Waals surface area contributed by atoms with Gasteiger partial charge in [0, 0.05) is 12.2 Å². The number of methoxy groups -OCH3 is 2. The third-order valence-electron chi connectivity index (χ3n) is 4.86. The summed E-state index contributed by atoms with van der Waals surface area (Å²) >= 11 is 0. The molecule has 0 atom stereocenters. The summed E-state index contributed by atoms with van der Waals surface area (Å²) in [5, 5.41) is 5.50. The Kier molecular flexibility index (Phi) is 7.99. The van der Waals surface area contributed by atoms with Crippen LogP contribution in [0.25, 0.3) is 0 Å². The molecule has 33 heavy (non-hydrogen) atoms. The molecule has 0 saturated carbocycles. The molecule has 2 N–H and O–H groups in total. The van der Waals surface area contributed by atoms with E-state index < -0.39 is 11.7 Å². The lowest BCUT2D eigenvalue weighted by atomic mass is 10.1. The fourth-order valence-electron chi connectivity index (χ4n) is 3.30. The van der Waals surface area contributed by atoms with E-state index >= 15 is 0 Å². The summed E-state index contributed by atoms with van der Waals surface area (Å²) in [6.07, 6.45) is 0. The van der Waals surface area contributed by atoms with Crippen molar-refractivity contribution in [3.8, 4) is 11.5 Å². The van der Waals surface area contributed by atoms with Gasteiger partial charge in [0.1, 0.15) is 5.82 Å². The fraction of sp³-hybridized carbons (Fsp3) is 0.200. The van der Waals surface area contributed by atoms with Gasteiger partial charge in [0.05, 0.1) is 32.0 Å². The SMILES string of the molecule is COc1ccc(CN(C)CC(=O)Nc2ccccc2C(=O)Nc2ccc(F)cc2)cc1OC. The molecule has 0 aliphatic heterocycles. The number of amides is 2. The lowest BCUT2D eigenvalue weighted by Crippen LogP contribution is -2.30. The number of rotatable bonds is 9. The normalized spacial score (nSPS) is 10.6. The molecular weight excluding hydrogens is 425 g/mol. The second kappa shape index (κ2) is 11.1. The van der Waals surface area contributed by atoms with Gasteiger partial charge in [-0.15, -0.1) is 0 Å². The number of para-hydroxylation sites is 1. The lowest BCUT2D eigenvalue weighted by Gasteiger charge is -2.18. The van der Waals surface area contributed by atoms with Crippen LogP contribution in [0, 0.1) is 5.82 Å². The molecule has 3 aromatic carbocycles. The third kappa shape index (κ3) is 6.54. The number of hydrogen-bond donors (Lipinski definition) is 2. The molecule has 0 saturated heterocycles. The van der Waals surface area contributed by atoms with Crippen LogP contribution in [-0.2, 0) is 11.3 Å². The zero-order chi connectivity index (χ0) is 23.8. The average Bonchev–Trinajstić information content (AvgIpc) is 2.80. The number of benzene rings is 3. The van der Waals surface area contributed by atoms with Crippen molar-refractivity contribution in [3.63, 3.8) is 0 Å². The zero-order valence-electron chi connectivity index (χ0n) is 18.7. The van der Waals surface area contributed by atoms with Crippen molar-refractivity contribution >= 4 is 23.2 Å². The number of carbonyl (C=O) groups excluding carboxylic acids is 2. The van der Waals surface area contributed by atoms with Crippen LogP contribution in [0.2, 0.25) is 0 Å². The van der Waals surface area contributed by atoms with E-state index in [1.54, 1.807) is 38.5 Å². The minimum atomic E-state index is -0.406. The minimum Gasteiger partial charge on any atom is -0.493 e. The van der Waals surface area contributed by atoms with Crippen LogP contribution in [0.5, 0.6) is 11.5 Å². The Bertz CT molecular complexity index is 1120. The van der Waals surface area contributed by atoms with Crippen LogP contribution < -0.4 is 20.1 Å². The summed E-state index contributed by atoms with van der Waals surface area (Å²) in [5.41, 5.74) is 2.11. The van der Waals surface area contributed by atoms with Crippen molar-refractivity contribution in [2.45, 2.75) is 6.54 Å². The predicted molar refractivity (Wildman–Crippen MR) is 125 cm³/mol. The molecule has 2 amide bonds. The topological polar surface area (TPSA) is 79.9 Å². The number of likely N-dealkylation sites (N-methyl/N-ethyl adjacent to an activating group) is 1. The third-order valence-corrected chi connectivity index (χ3v) is 4.86. The highest BCUT2D eigenvalue weighted by molar-refractivity contribution is 6.10. The number of nitrogens with zero attached hydrogens (tertiary/aromatic N) is 1. The summed E-state index contributed by atoms with van der Waals surface area (Å²) < 4.78 is 23.7. The van der Waals surface area contributed by atoms with Gasteiger partial charge in [0.2, 0.25) is 5.91 Å². The van der Waals surface area contributed by atoms with E-state index in [1.807, 2.05) is 30.1 Å². The van der Waals surface area contributed by atoms with Crippen molar-refractivity contribution in [1.29, 1.82) is 0 Å². The number of carbonyl (C=O) groups is 2. The molecule has 3 rings (SSSR count). The van der Waals surface area contributed by atoms with Gasteiger partial charge in [-0.1, -0.05) is 18.2 Å². The smallest absolute Gasteiger partial charge is 0.257 e. The van der Waals surface area contributed by atoms with Crippen LogP contribution >= 0.6 is 0 Å². The molecule has 8 heteroatoms. The van der Waals surface area contributed by atoms with Gasteiger partial charge in [-0.25, -0.2) is 4.39 Å². The predicted octanol–water partition coefficient (Wildman–Crippen LogP) is 4.17. The standard InChI is InChI=1S/C25H26FN3O4/c1-29(15-17-8-13-22(32-2)23(14-17)33-3)16-24(30)28-21-7-5-4-6-20(21)25(31)27-19-11-9-18(26)10-12-19/h4-14H,15-16H2,1-3H3,(H,27,31)(H,28,30). The molecule has 0 fully saturated rings. The second-order valence-electron chi connectivity index (χ2n) is 7.42. The summed E-state index contributed by atoms with van der Waals surface area (Å²) in [7, 11) is 4.97. The van der Waals surface area contributed by atoms with E-state index in [2.05, 4.69) is 10.6 Å². The second-order valence-corrected chi connectivity index (χ2v) is 7.42. The summed E-state index contributed by atoms with van der Waals surface area (Å²) in [4.78, 5) is 27.2. The van der Waals surface area contributed by atoms with Crippen LogP contribution in [-0.4, -0.2) is 44.5 Å². The van der Waals surface area contributed by atoms with Gasteiger partial charge in [0.25, 0.3) is 5.91 Å². The number of halogens is 1. The Morgan fingerprint density at radius 2 is 1.61 bits per heavy atom. The van der Waals surface area contributed by atoms with Gasteiger partial charge < -0.3 is 20.1 Å². The Morgan fingerprint density at radius 3 is 2.30 bits per heavy atom. The van der Waals surface area contributed by atoms with Gasteiger partial charge >= 0.3 is 0 Å². The van der Waals surface area contributed by atoms with E-state index in [4.69, 9.17) is 9.47 Å². The van der Waals surface area contributed by atoms with Crippen molar-refractivity contribution in [3.05, 3.63) is 83.7 Å². The van der Waals surface area contributed by atoms with Crippen LogP contribution in [0.15, 0.2) is 66.7 Å². The minimum absolute atomic E-state index is 0.113. The molecule has 0 bridgehead atoms.